The topological polar surface area (TPSA) is 46.5 Å². The summed E-state index contributed by atoms with van der Waals surface area (Å²) in [6.45, 7) is 3.11. The van der Waals surface area contributed by atoms with Gasteiger partial charge in [0.15, 0.2) is 0 Å². The van der Waals surface area contributed by atoms with E-state index < -0.39 is 10.0 Å². The lowest BCUT2D eigenvalue weighted by atomic mass is 10.1. The molecule has 2 rings (SSSR count). The van der Waals surface area contributed by atoms with Crippen molar-refractivity contribution in [1.82, 2.24) is 0 Å². The summed E-state index contributed by atoms with van der Waals surface area (Å²) in [5.41, 5.74) is 1.48. The second kappa shape index (κ2) is 4.51. The number of nitrogens with zero attached hydrogens (tertiary/aromatic N) is 1. The van der Waals surface area contributed by atoms with E-state index in [0.29, 0.717) is 5.56 Å². The number of hydrogen-bond acceptors (Lipinski definition) is 2. The van der Waals surface area contributed by atoms with Crippen LogP contribution in [0.3, 0.4) is 0 Å². The van der Waals surface area contributed by atoms with Crippen LogP contribution < -0.4 is 0 Å². The maximum absolute atomic E-state index is 11.8. The van der Waals surface area contributed by atoms with Crippen LogP contribution >= 0.6 is 0 Å². The molecule has 0 atom stereocenters. The summed E-state index contributed by atoms with van der Waals surface area (Å²) in [6.07, 6.45) is 0. The van der Waals surface area contributed by atoms with Crippen LogP contribution in [0.2, 0.25) is 0 Å². The average Bonchev–Trinajstić information content (AvgIpc) is 2.40. The highest BCUT2D eigenvalue weighted by atomic mass is 32.2. The molecule has 0 saturated carbocycles. The zero-order valence-corrected chi connectivity index (χ0v) is 9.89. The first-order valence-electron chi connectivity index (χ1n) is 5.02. The van der Waals surface area contributed by atoms with Crippen molar-refractivity contribution in [2.45, 2.75) is 4.90 Å². The van der Waals surface area contributed by atoms with E-state index in [1.807, 2.05) is 30.3 Å². The van der Waals surface area contributed by atoms with Gasteiger partial charge in [0.1, 0.15) is 0 Å². The highest BCUT2D eigenvalue weighted by Crippen LogP contribution is 2.27. The van der Waals surface area contributed by atoms with Crippen LogP contribution in [0.5, 0.6) is 0 Å². The Morgan fingerprint density at radius 2 is 1.47 bits per heavy atom. The van der Waals surface area contributed by atoms with Crippen LogP contribution in [-0.2, 0) is 10.0 Å². The lowest BCUT2D eigenvalue weighted by molar-refractivity contribution is 0.598. The molecule has 0 aromatic heterocycles. The molecule has 0 N–H and O–H groups in total. The molecule has 2 aromatic rings. The van der Waals surface area contributed by atoms with Crippen LogP contribution in [0, 0.1) is 0 Å². The van der Waals surface area contributed by atoms with Crippen molar-refractivity contribution in [3.63, 3.8) is 0 Å². The minimum absolute atomic E-state index is 0.182. The van der Waals surface area contributed by atoms with E-state index in [1.54, 1.807) is 18.2 Å². The van der Waals surface area contributed by atoms with Gasteiger partial charge in [0.2, 0.25) is 0 Å². The Balaban J connectivity index is 2.69. The molecule has 2 aromatic carbocycles. The van der Waals surface area contributed by atoms with Crippen molar-refractivity contribution >= 4 is 16.7 Å². The van der Waals surface area contributed by atoms with Crippen LogP contribution in [0.1, 0.15) is 0 Å². The van der Waals surface area contributed by atoms with E-state index in [1.165, 1.54) is 6.07 Å². The minimum atomic E-state index is -3.66. The first-order valence-corrected chi connectivity index (χ1v) is 6.46. The highest BCUT2D eigenvalue weighted by molar-refractivity contribution is 7.90. The second-order valence-electron chi connectivity index (χ2n) is 3.47. The largest absolute Gasteiger partial charge is 0.282 e. The van der Waals surface area contributed by atoms with Gasteiger partial charge in [0, 0.05) is 12.3 Å². The first-order chi connectivity index (χ1) is 8.15. The number of sulfonamides is 1. The molecule has 0 aliphatic carbocycles. The molecular weight excluding hydrogens is 234 g/mol. The zero-order valence-electron chi connectivity index (χ0n) is 9.08. The SMILES string of the molecule is C=NS(=O)(=O)c1ccccc1-c1ccccc1. The Labute approximate surface area is 101 Å². The Morgan fingerprint density at radius 3 is 2.12 bits per heavy atom. The Morgan fingerprint density at radius 1 is 0.882 bits per heavy atom. The van der Waals surface area contributed by atoms with Gasteiger partial charge in [-0.15, -0.1) is 0 Å². The normalized spacial score (nSPS) is 11.1. The van der Waals surface area contributed by atoms with Gasteiger partial charge in [-0.2, -0.15) is 12.8 Å². The van der Waals surface area contributed by atoms with Crippen molar-refractivity contribution in [3.05, 3.63) is 54.6 Å². The molecule has 0 saturated heterocycles. The maximum atomic E-state index is 11.8. The van der Waals surface area contributed by atoms with E-state index in [2.05, 4.69) is 11.1 Å². The molecule has 0 spiro atoms. The van der Waals surface area contributed by atoms with Gasteiger partial charge in [-0.3, -0.25) is 0 Å². The standard InChI is InChI=1S/C13H11NO2S/c1-14-17(15,16)13-10-6-5-9-12(13)11-7-3-2-4-8-11/h2-10H,1H2. The van der Waals surface area contributed by atoms with E-state index in [0.717, 1.165) is 5.56 Å². The van der Waals surface area contributed by atoms with E-state index in [4.69, 9.17) is 0 Å². The maximum Gasteiger partial charge on any atom is 0.282 e. The summed E-state index contributed by atoms with van der Waals surface area (Å²) >= 11 is 0. The summed E-state index contributed by atoms with van der Waals surface area (Å²) in [6, 6.07) is 16.1. The molecule has 0 radical (unpaired) electrons. The molecular formula is C13H11NO2S. The van der Waals surface area contributed by atoms with Gasteiger partial charge in [-0.05, 0) is 11.6 Å². The summed E-state index contributed by atoms with van der Waals surface area (Å²) in [7, 11) is -3.66. The summed E-state index contributed by atoms with van der Waals surface area (Å²) in [5, 5.41) is 0. The van der Waals surface area contributed by atoms with Gasteiger partial charge < -0.3 is 0 Å². The van der Waals surface area contributed by atoms with Crippen molar-refractivity contribution < 1.29 is 8.42 Å². The highest BCUT2D eigenvalue weighted by Gasteiger charge is 2.16. The van der Waals surface area contributed by atoms with Crippen molar-refractivity contribution in [2.75, 3.05) is 0 Å². The quantitative estimate of drug-likeness (QED) is 0.780. The molecule has 0 fully saturated rings. The van der Waals surface area contributed by atoms with Crippen molar-refractivity contribution in [2.24, 2.45) is 4.40 Å². The lowest BCUT2D eigenvalue weighted by Crippen LogP contribution is -1.98. The van der Waals surface area contributed by atoms with Gasteiger partial charge in [0.25, 0.3) is 10.0 Å². The summed E-state index contributed by atoms with van der Waals surface area (Å²) in [4.78, 5) is 0.182. The third-order valence-electron chi connectivity index (χ3n) is 2.42. The second-order valence-corrected chi connectivity index (χ2v) is 5.11. The molecule has 0 aliphatic heterocycles. The molecule has 0 amide bonds. The van der Waals surface area contributed by atoms with Gasteiger partial charge in [0.05, 0.1) is 4.90 Å². The molecule has 86 valence electrons. The molecule has 0 unspecified atom stereocenters. The number of rotatable bonds is 3. The van der Waals surface area contributed by atoms with Crippen LogP contribution in [-0.4, -0.2) is 15.1 Å². The Hall–Kier alpha value is -1.94. The van der Waals surface area contributed by atoms with Crippen LogP contribution in [0.4, 0.5) is 0 Å². The number of benzene rings is 2. The third-order valence-corrected chi connectivity index (χ3v) is 3.67. The van der Waals surface area contributed by atoms with E-state index >= 15 is 0 Å². The average molecular weight is 245 g/mol. The lowest BCUT2D eigenvalue weighted by Gasteiger charge is -2.07. The van der Waals surface area contributed by atoms with Crippen molar-refractivity contribution in [3.8, 4) is 11.1 Å². The monoisotopic (exact) mass is 245 g/mol. The fraction of sp³-hybridized carbons (Fsp3) is 0. The van der Waals surface area contributed by atoms with Gasteiger partial charge in [-0.1, -0.05) is 48.5 Å². The van der Waals surface area contributed by atoms with Gasteiger partial charge in [-0.25, -0.2) is 0 Å². The first kappa shape index (κ1) is 11.5. The minimum Gasteiger partial charge on any atom is -0.199 e. The molecule has 17 heavy (non-hydrogen) atoms. The Bertz CT molecular complexity index is 633. The third kappa shape index (κ3) is 2.26. The molecule has 0 heterocycles. The predicted octanol–water partition coefficient (Wildman–Crippen LogP) is 2.74. The zero-order chi connectivity index (χ0) is 12.3. The molecule has 3 nitrogen and oxygen atoms in total. The Kier molecular flexibility index (Phi) is 3.06. The summed E-state index contributed by atoms with van der Waals surface area (Å²) < 4.78 is 26.7. The predicted molar refractivity (Wildman–Crippen MR) is 68.6 cm³/mol. The van der Waals surface area contributed by atoms with E-state index in [9.17, 15) is 8.42 Å². The molecule has 4 heteroatoms. The van der Waals surface area contributed by atoms with E-state index in [-0.39, 0.29) is 4.90 Å². The number of hydrogen-bond donors (Lipinski definition) is 0. The molecule has 0 aliphatic rings. The summed E-state index contributed by atoms with van der Waals surface area (Å²) in [5.74, 6) is 0. The smallest absolute Gasteiger partial charge is 0.199 e. The molecule has 0 bridgehead atoms. The van der Waals surface area contributed by atoms with Crippen LogP contribution in [0.25, 0.3) is 11.1 Å². The fourth-order valence-electron chi connectivity index (χ4n) is 1.62. The fourth-order valence-corrected chi connectivity index (χ4v) is 2.47. The van der Waals surface area contributed by atoms with Crippen molar-refractivity contribution in [1.29, 1.82) is 0 Å². The van der Waals surface area contributed by atoms with Crippen LogP contribution in [0.15, 0.2) is 63.9 Å². The van der Waals surface area contributed by atoms with Gasteiger partial charge >= 0.3 is 0 Å².